The van der Waals surface area contributed by atoms with Gasteiger partial charge in [-0.05, 0) is 19.8 Å². The lowest BCUT2D eigenvalue weighted by Gasteiger charge is -2.49. The molecule has 1 saturated carbocycles. The van der Waals surface area contributed by atoms with Crippen LogP contribution < -0.4 is 5.32 Å². The van der Waals surface area contributed by atoms with Gasteiger partial charge in [0.1, 0.15) is 0 Å². The van der Waals surface area contributed by atoms with E-state index in [9.17, 15) is 9.59 Å². The van der Waals surface area contributed by atoms with Crippen LogP contribution in [-0.2, 0) is 0 Å². The molecule has 1 heterocycles. The van der Waals surface area contributed by atoms with Gasteiger partial charge in [0.25, 0.3) is 0 Å². The largest absolute Gasteiger partial charge is 0.330 e. The second-order valence-electron chi connectivity index (χ2n) is 4.95. The maximum absolute atomic E-state index is 12.2. The van der Waals surface area contributed by atoms with E-state index in [1.807, 2.05) is 0 Å². The van der Waals surface area contributed by atoms with Crippen molar-refractivity contribution in [2.24, 2.45) is 0 Å². The Morgan fingerprint density at radius 3 is 2.47 bits per heavy atom. The molecule has 1 unspecified atom stereocenters. The summed E-state index contributed by atoms with van der Waals surface area (Å²) in [6.45, 7) is 1.76. The van der Waals surface area contributed by atoms with Crippen LogP contribution in [0.15, 0.2) is 0 Å². The average molecular weight is 257 g/mol. The summed E-state index contributed by atoms with van der Waals surface area (Å²) in [5.41, 5.74) is 0. The average Bonchev–Trinajstić information content (AvgIpc) is 2.27. The molecule has 0 aromatic rings. The number of nitrogens with zero attached hydrogens (tertiary/aromatic N) is 2. The van der Waals surface area contributed by atoms with Crippen molar-refractivity contribution >= 4 is 24.7 Å². The zero-order chi connectivity index (χ0) is 12.6. The molecular formula is C11H19N3O2S. The van der Waals surface area contributed by atoms with E-state index >= 15 is 0 Å². The number of hydrogen-bond acceptors (Lipinski definition) is 3. The topological polar surface area (TPSA) is 52.7 Å². The highest BCUT2D eigenvalue weighted by molar-refractivity contribution is 7.81. The maximum atomic E-state index is 12.2. The van der Waals surface area contributed by atoms with Gasteiger partial charge >= 0.3 is 12.1 Å². The molecule has 2 aliphatic rings. The molecule has 1 atom stereocenters. The molecule has 2 rings (SSSR count). The zero-order valence-electron chi connectivity index (χ0n) is 10.3. The first kappa shape index (κ1) is 12.5. The highest BCUT2D eigenvalue weighted by Crippen LogP contribution is 2.32. The number of rotatable bonds is 1. The number of imide groups is 1. The first-order valence-electron chi connectivity index (χ1n) is 6.05. The second-order valence-corrected chi connectivity index (χ2v) is 5.83. The summed E-state index contributed by atoms with van der Waals surface area (Å²) in [5.74, 6) is 0. The van der Waals surface area contributed by atoms with Gasteiger partial charge in [0.05, 0.1) is 0 Å². The predicted molar refractivity (Wildman–Crippen MR) is 67.8 cm³/mol. The van der Waals surface area contributed by atoms with Crippen LogP contribution in [0.3, 0.4) is 0 Å². The van der Waals surface area contributed by atoms with Crippen LogP contribution in [0.25, 0.3) is 0 Å². The number of nitrogens with one attached hydrogen (secondary N) is 1. The molecule has 5 nitrogen and oxygen atoms in total. The number of amides is 4. The Morgan fingerprint density at radius 1 is 1.29 bits per heavy atom. The Bertz CT molecular complexity index is 340. The molecule has 0 bridgehead atoms. The summed E-state index contributed by atoms with van der Waals surface area (Å²) < 4.78 is 0. The van der Waals surface area contributed by atoms with Gasteiger partial charge in [-0.2, -0.15) is 0 Å². The van der Waals surface area contributed by atoms with Crippen molar-refractivity contribution in [3.05, 3.63) is 0 Å². The normalized spacial score (nSPS) is 31.7. The van der Waals surface area contributed by atoms with Crippen LogP contribution in [0.5, 0.6) is 0 Å². The minimum absolute atomic E-state index is 0.182. The van der Waals surface area contributed by atoms with Crippen LogP contribution in [-0.4, -0.2) is 39.9 Å². The number of urea groups is 2. The van der Waals surface area contributed by atoms with Crippen molar-refractivity contribution in [3.8, 4) is 0 Å². The molecular weight excluding hydrogens is 238 g/mol. The third kappa shape index (κ3) is 2.22. The molecule has 17 heavy (non-hydrogen) atoms. The van der Waals surface area contributed by atoms with Crippen LogP contribution in [0.4, 0.5) is 9.59 Å². The van der Waals surface area contributed by atoms with Crippen molar-refractivity contribution in [1.82, 2.24) is 15.1 Å². The minimum Gasteiger partial charge on any atom is -0.306 e. The van der Waals surface area contributed by atoms with Gasteiger partial charge in [0.15, 0.2) is 4.99 Å². The van der Waals surface area contributed by atoms with E-state index in [1.54, 1.807) is 11.8 Å². The van der Waals surface area contributed by atoms with Crippen LogP contribution in [0.2, 0.25) is 0 Å². The van der Waals surface area contributed by atoms with Gasteiger partial charge in [0.2, 0.25) is 0 Å². The van der Waals surface area contributed by atoms with Gasteiger partial charge in [-0.15, -0.1) is 12.6 Å². The van der Waals surface area contributed by atoms with E-state index in [2.05, 4.69) is 17.9 Å². The van der Waals surface area contributed by atoms with E-state index in [1.165, 1.54) is 13.5 Å². The van der Waals surface area contributed by atoms with Gasteiger partial charge < -0.3 is 5.32 Å². The van der Waals surface area contributed by atoms with Crippen LogP contribution in [0.1, 0.15) is 39.0 Å². The van der Waals surface area contributed by atoms with E-state index in [-0.39, 0.29) is 18.1 Å². The minimum atomic E-state index is -0.886. The predicted octanol–water partition coefficient (Wildman–Crippen LogP) is 2.00. The van der Waals surface area contributed by atoms with Gasteiger partial charge in [-0.3, -0.25) is 4.90 Å². The van der Waals surface area contributed by atoms with Crippen LogP contribution >= 0.6 is 12.6 Å². The second kappa shape index (κ2) is 4.40. The van der Waals surface area contributed by atoms with Gasteiger partial charge in [-0.25, -0.2) is 14.5 Å². The molecule has 0 aromatic heterocycles. The molecule has 1 aliphatic carbocycles. The zero-order valence-corrected chi connectivity index (χ0v) is 11.2. The highest BCUT2D eigenvalue weighted by atomic mass is 32.1. The summed E-state index contributed by atoms with van der Waals surface area (Å²) in [6.07, 6.45) is 5.48. The van der Waals surface area contributed by atoms with E-state index < -0.39 is 4.99 Å². The van der Waals surface area contributed by atoms with E-state index in [0.717, 1.165) is 30.6 Å². The number of thiol groups is 1. The summed E-state index contributed by atoms with van der Waals surface area (Å²) >= 11 is 4.43. The third-order valence-corrected chi connectivity index (χ3v) is 3.88. The summed E-state index contributed by atoms with van der Waals surface area (Å²) in [7, 11) is 1.50. The standard InChI is InChI=1S/C11H19N3O2S/c1-11(17)12-9(15)13(2)10(16)14(11)8-6-4-3-5-7-8/h8,17H,3-7H2,1-2H3,(H,12,15). The maximum Gasteiger partial charge on any atom is 0.330 e. The monoisotopic (exact) mass is 257 g/mol. The summed E-state index contributed by atoms with van der Waals surface area (Å²) in [4.78, 5) is 25.7. The molecule has 6 heteroatoms. The smallest absolute Gasteiger partial charge is 0.306 e. The number of hydrogen-bond donors (Lipinski definition) is 2. The Kier molecular flexibility index (Phi) is 3.25. The molecule has 2 fully saturated rings. The lowest BCUT2D eigenvalue weighted by Crippen LogP contribution is -2.70. The quantitative estimate of drug-likeness (QED) is 0.706. The molecule has 0 aromatic carbocycles. The first-order chi connectivity index (χ1) is 7.93. The van der Waals surface area contributed by atoms with E-state index in [4.69, 9.17) is 0 Å². The van der Waals surface area contributed by atoms with Crippen molar-refractivity contribution in [3.63, 3.8) is 0 Å². The van der Waals surface area contributed by atoms with Crippen LogP contribution in [0, 0.1) is 0 Å². The first-order valence-corrected chi connectivity index (χ1v) is 6.50. The molecule has 0 radical (unpaired) electrons. The van der Waals surface area contributed by atoms with Gasteiger partial charge in [-0.1, -0.05) is 19.3 Å². The fourth-order valence-electron chi connectivity index (χ4n) is 2.63. The molecule has 0 spiro atoms. The Labute approximate surface area is 107 Å². The highest BCUT2D eigenvalue weighted by Gasteiger charge is 2.45. The molecule has 1 aliphatic heterocycles. The number of carbonyl (C=O) groups is 2. The summed E-state index contributed by atoms with van der Waals surface area (Å²) in [5, 5.41) is 2.74. The Hall–Kier alpha value is -0.910. The fraction of sp³-hybridized carbons (Fsp3) is 0.818. The SMILES string of the molecule is CN1C(=O)NC(C)(S)N(C2CCCCC2)C1=O. The summed E-state index contributed by atoms with van der Waals surface area (Å²) in [6, 6.07) is -0.459. The van der Waals surface area contributed by atoms with Crippen molar-refractivity contribution < 1.29 is 9.59 Å². The van der Waals surface area contributed by atoms with E-state index in [0.29, 0.717) is 0 Å². The lowest BCUT2D eigenvalue weighted by atomic mass is 9.94. The third-order valence-electron chi connectivity index (χ3n) is 3.55. The van der Waals surface area contributed by atoms with Gasteiger partial charge in [0, 0.05) is 13.1 Å². The molecule has 96 valence electrons. The van der Waals surface area contributed by atoms with Crippen molar-refractivity contribution in [1.29, 1.82) is 0 Å². The lowest BCUT2D eigenvalue weighted by molar-refractivity contribution is 0.0657. The molecule has 4 amide bonds. The van der Waals surface area contributed by atoms with Crippen molar-refractivity contribution in [2.75, 3.05) is 7.05 Å². The Morgan fingerprint density at radius 2 is 1.88 bits per heavy atom. The molecule has 1 N–H and O–H groups in total. The van der Waals surface area contributed by atoms with Crippen molar-refractivity contribution in [2.45, 2.75) is 50.1 Å². The number of carbonyl (C=O) groups excluding carboxylic acids is 2. The fourth-order valence-corrected chi connectivity index (χ4v) is 2.98. The Balaban J connectivity index is 2.22. The molecule has 1 saturated heterocycles.